The number of hydrogen-bond donors (Lipinski definition) is 2. The average Bonchev–Trinajstić information content (AvgIpc) is 2.13. The summed E-state index contributed by atoms with van der Waals surface area (Å²) in [4.78, 5) is 3.89. The van der Waals surface area contributed by atoms with E-state index in [1.165, 1.54) is 0 Å². The van der Waals surface area contributed by atoms with Gasteiger partial charge in [0.2, 0.25) is 0 Å². The Labute approximate surface area is 78.1 Å². The molecule has 1 rings (SSSR count). The third-order valence-electron chi connectivity index (χ3n) is 1.56. The smallest absolute Gasteiger partial charge is 0.125 e. The van der Waals surface area contributed by atoms with Crippen LogP contribution in [0, 0.1) is 0 Å². The fraction of sp³-hybridized carbons (Fsp3) is 0.444. The van der Waals surface area contributed by atoms with Gasteiger partial charge in [0, 0.05) is 31.1 Å². The van der Waals surface area contributed by atoms with Crippen molar-refractivity contribution in [2.24, 2.45) is 0 Å². The zero-order valence-corrected chi connectivity index (χ0v) is 7.79. The van der Waals surface area contributed by atoms with Crippen molar-refractivity contribution in [3.63, 3.8) is 0 Å². The molecule has 0 fully saturated rings. The molecule has 0 aliphatic rings. The highest BCUT2D eigenvalue weighted by Gasteiger charge is 1.92. The van der Waals surface area contributed by atoms with Gasteiger partial charge >= 0.3 is 0 Å². The molecule has 1 heterocycles. The number of ether oxygens (including phenoxy) is 1. The molecule has 0 aromatic carbocycles. The Morgan fingerprint density at radius 2 is 2.46 bits per heavy atom. The lowest BCUT2D eigenvalue weighted by Gasteiger charge is -2.05. The molecule has 4 heteroatoms. The molecule has 0 bridgehead atoms. The maximum absolute atomic E-state index is 5.51. The number of nitrogens with zero attached hydrogens (tertiary/aromatic N) is 1. The minimum absolute atomic E-state index is 0.529. The number of nitrogen functional groups attached to an aromatic ring is 1. The molecule has 1 aromatic heterocycles. The molecule has 0 spiro atoms. The number of hydrogen-bond acceptors (Lipinski definition) is 4. The lowest BCUT2D eigenvalue weighted by atomic mass is 10.4. The molecule has 0 radical (unpaired) electrons. The van der Waals surface area contributed by atoms with E-state index in [0.29, 0.717) is 12.4 Å². The van der Waals surface area contributed by atoms with Crippen LogP contribution in [0.25, 0.3) is 0 Å². The molecule has 3 N–H and O–H groups in total. The molecule has 72 valence electrons. The summed E-state index contributed by atoms with van der Waals surface area (Å²) in [6.45, 7) is 4.22. The SMILES string of the molecule is CCOCCNc1ccnc(N)c1. The average molecular weight is 181 g/mol. The molecule has 0 aliphatic carbocycles. The second-order valence-electron chi connectivity index (χ2n) is 2.59. The molecule has 0 amide bonds. The number of nitrogens with two attached hydrogens (primary N) is 1. The molecule has 1 aromatic rings. The number of anilines is 2. The maximum Gasteiger partial charge on any atom is 0.125 e. The predicted molar refractivity (Wildman–Crippen MR) is 53.6 cm³/mol. The summed E-state index contributed by atoms with van der Waals surface area (Å²) >= 11 is 0. The summed E-state index contributed by atoms with van der Waals surface area (Å²) in [5.41, 5.74) is 6.49. The fourth-order valence-electron chi connectivity index (χ4n) is 0.970. The first-order valence-corrected chi connectivity index (χ1v) is 4.36. The monoisotopic (exact) mass is 181 g/mol. The van der Waals surface area contributed by atoms with E-state index in [1.807, 2.05) is 13.0 Å². The number of aromatic nitrogens is 1. The van der Waals surface area contributed by atoms with Crippen molar-refractivity contribution in [1.29, 1.82) is 0 Å². The number of rotatable bonds is 5. The van der Waals surface area contributed by atoms with E-state index in [1.54, 1.807) is 12.3 Å². The van der Waals surface area contributed by atoms with Crippen molar-refractivity contribution in [2.75, 3.05) is 30.8 Å². The van der Waals surface area contributed by atoms with Crippen molar-refractivity contribution in [2.45, 2.75) is 6.92 Å². The van der Waals surface area contributed by atoms with Crippen LogP contribution in [-0.4, -0.2) is 24.7 Å². The minimum atomic E-state index is 0.529. The molecule has 0 atom stereocenters. The largest absolute Gasteiger partial charge is 0.384 e. The van der Waals surface area contributed by atoms with E-state index >= 15 is 0 Å². The van der Waals surface area contributed by atoms with Crippen LogP contribution in [0.3, 0.4) is 0 Å². The van der Waals surface area contributed by atoms with E-state index in [0.717, 1.165) is 18.8 Å². The summed E-state index contributed by atoms with van der Waals surface area (Å²) in [7, 11) is 0. The van der Waals surface area contributed by atoms with Crippen LogP contribution >= 0.6 is 0 Å². The van der Waals surface area contributed by atoms with Crippen LogP contribution in [0.5, 0.6) is 0 Å². The number of pyridine rings is 1. The Kier molecular flexibility index (Phi) is 4.05. The van der Waals surface area contributed by atoms with Crippen LogP contribution in [-0.2, 0) is 4.74 Å². The summed E-state index contributed by atoms with van der Waals surface area (Å²) in [6, 6.07) is 3.67. The van der Waals surface area contributed by atoms with Gasteiger partial charge in [-0.25, -0.2) is 4.98 Å². The standard InChI is InChI=1S/C9H15N3O/c1-2-13-6-5-11-8-3-4-12-9(10)7-8/h3-4,7H,2,5-6H2,1H3,(H3,10,11,12). The van der Waals surface area contributed by atoms with Crippen molar-refractivity contribution in [3.05, 3.63) is 18.3 Å². The molecule has 0 saturated heterocycles. The summed E-state index contributed by atoms with van der Waals surface area (Å²) in [5, 5.41) is 3.18. The molecule has 13 heavy (non-hydrogen) atoms. The topological polar surface area (TPSA) is 60.2 Å². The van der Waals surface area contributed by atoms with Gasteiger partial charge in [0.25, 0.3) is 0 Å². The summed E-state index contributed by atoms with van der Waals surface area (Å²) in [6.07, 6.45) is 1.68. The molecular formula is C9H15N3O. The van der Waals surface area contributed by atoms with E-state index < -0.39 is 0 Å². The van der Waals surface area contributed by atoms with Crippen molar-refractivity contribution in [3.8, 4) is 0 Å². The van der Waals surface area contributed by atoms with Crippen molar-refractivity contribution >= 4 is 11.5 Å². The number of nitrogens with one attached hydrogen (secondary N) is 1. The first-order chi connectivity index (χ1) is 6.33. The van der Waals surface area contributed by atoms with Crippen LogP contribution in [0.2, 0.25) is 0 Å². The van der Waals surface area contributed by atoms with Gasteiger partial charge in [-0.2, -0.15) is 0 Å². The molecule has 0 saturated carbocycles. The van der Waals surface area contributed by atoms with Crippen molar-refractivity contribution < 1.29 is 4.74 Å². The first kappa shape index (κ1) is 9.80. The Morgan fingerprint density at radius 1 is 1.62 bits per heavy atom. The van der Waals surface area contributed by atoms with E-state index in [9.17, 15) is 0 Å². The van der Waals surface area contributed by atoms with Gasteiger partial charge in [-0.3, -0.25) is 0 Å². The van der Waals surface area contributed by atoms with Gasteiger partial charge < -0.3 is 15.8 Å². The van der Waals surface area contributed by atoms with E-state index in [-0.39, 0.29) is 0 Å². The highest BCUT2D eigenvalue weighted by atomic mass is 16.5. The van der Waals surface area contributed by atoms with Crippen molar-refractivity contribution in [1.82, 2.24) is 4.98 Å². The zero-order chi connectivity index (χ0) is 9.52. The molecule has 0 aliphatic heterocycles. The Hall–Kier alpha value is -1.29. The fourth-order valence-corrected chi connectivity index (χ4v) is 0.970. The van der Waals surface area contributed by atoms with Gasteiger partial charge in [-0.05, 0) is 13.0 Å². The van der Waals surface area contributed by atoms with Gasteiger partial charge in [0.15, 0.2) is 0 Å². The van der Waals surface area contributed by atoms with Crippen LogP contribution in [0.15, 0.2) is 18.3 Å². The third-order valence-corrected chi connectivity index (χ3v) is 1.56. The van der Waals surface area contributed by atoms with Crippen LogP contribution < -0.4 is 11.1 Å². The van der Waals surface area contributed by atoms with Gasteiger partial charge in [0.1, 0.15) is 5.82 Å². The van der Waals surface area contributed by atoms with Crippen LogP contribution in [0.1, 0.15) is 6.92 Å². The minimum Gasteiger partial charge on any atom is -0.384 e. The third kappa shape index (κ3) is 3.75. The Morgan fingerprint density at radius 3 is 3.15 bits per heavy atom. The second-order valence-corrected chi connectivity index (χ2v) is 2.59. The second kappa shape index (κ2) is 5.37. The molecule has 0 unspecified atom stereocenters. The lowest BCUT2D eigenvalue weighted by molar-refractivity contribution is 0.158. The Balaban J connectivity index is 2.28. The van der Waals surface area contributed by atoms with Gasteiger partial charge in [-0.15, -0.1) is 0 Å². The molecular weight excluding hydrogens is 166 g/mol. The molecule has 4 nitrogen and oxygen atoms in total. The highest BCUT2D eigenvalue weighted by molar-refractivity contribution is 5.49. The van der Waals surface area contributed by atoms with E-state index in [2.05, 4.69) is 10.3 Å². The maximum atomic E-state index is 5.51. The van der Waals surface area contributed by atoms with Gasteiger partial charge in [-0.1, -0.05) is 0 Å². The highest BCUT2D eigenvalue weighted by Crippen LogP contribution is 2.07. The quantitative estimate of drug-likeness (QED) is 0.668. The summed E-state index contributed by atoms with van der Waals surface area (Å²) in [5.74, 6) is 0.529. The summed E-state index contributed by atoms with van der Waals surface area (Å²) < 4.78 is 5.18. The Bertz CT molecular complexity index is 252. The normalized spacial score (nSPS) is 9.92. The zero-order valence-electron chi connectivity index (χ0n) is 7.79. The predicted octanol–water partition coefficient (Wildman–Crippen LogP) is 1.11. The van der Waals surface area contributed by atoms with E-state index in [4.69, 9.17) is 10.5 Å². The lowest BCUT2D eigenvalue weighted by Crippen LogP contribution is -2.09. The van der Waals surface area contributed by atoms with Gasteiger partial charge in [0.05, 0.1) is 6.61 Å². The first-order valence-electron chi connectivity index (χ1n) is 4.36. The van der Waals surface area contributed by atoms with Crippen LogP contribution in [0.4, 0.5) is 11.5 Å².